The molecule has 6 nitrogen and oxygen atoms in total. The molecule has 1 atom stereocenters. The van der Waals surface area contributed by atoms with Gasteiger partial charge < -0.3 is 10.6 Å². The van der Waals surface area contributed by atoms with Gasteiger partial charge in [-0.1, -0.05) is 0 Å². The van der Waals surface area contributed by atoms with Crippen molar-refractivity contribution in [2.45, 2.75) is 19.3 Å². The third-order valence-electron chi connectivity index (χ3n) is 3.65. The average molecular weight is 332 g/mol. The maximum absolute atomic E-state index is 13.7. The topological polar surface area (TPSA) is 84.3 Å². The van der Waals surface area contributed by atoms with Gasteiger partial charge in [0, 0.05) is 12.6 Å². The van der Waals surface area contributed by atoms with Crippen molar-refractivity contribution in [3.63, 3.8) is 0 Å². The molecule has 1 heterocycles. The summed E-state index contributed by atoms with van der Waals surface area (Å²) < 4.78 is 13.7. The van der Waals surface area contributed by atoms with E-state index in [1.54, 1.807) is 0 Å². The van der Waals surface area contributed by atoms with Crippen molar-refractivity contribution >= 4 is 24.0 Å². The van der Waals surface area contributed by atoms with Crippen LogP contribution >= 0.6 is 12.4 Å². The van der Waals surface area contributed by atoms with Gasteiger partial charge >= 0.3 is 0 Å². The SMILES string of the molecule is Cl.O=C(NCCC1CCCNC1)c1ccc([N+](=O)[O-])cc1F. The number of benzene rings is 1. The predicted octanol–water partition coefficient (Wildman–Crippen LogP) is 2.28. The molecule has 2 N–H and O–H groups in total. The highest BCUT2D eigenvalue weighted by Gasteiger charge is 2.17. The van der Waals surface area contributed by atoms with Crippen LogP contribution in [0, 0.1) is 21.8 Å². The minimum atomic E-state index is -0.874. The van der Waals surface area contributed by atoms with Gasteiger partial charge in [0.25, 0.3) is 11.6 Å². The maximum atomic E-state index is 13.7. The van der Waals surface area contributed by atoms with Crippen molar-refractivity contribution in [2.24, 2.45) is 5.92 Å². The van der Waals surface area contributed by atoms with Crippen LogP contribution in [0.15, 0.2) is 18.2 Å². The molecule has 122 valence electrons. The van der Waals surface area contributed by atoms with E-state index in [-0.39, 0.29) is 23.7 Å². The summed E-state index contributed by atoms with van der Waals surface area (Å²) in [4.78, 5) is 21.7. The lowest BCUT2D eigenvalue weighted by Gasteiger charge is -2.22. The molecule has 1 aromatic rings. The summed E-state index contributed by atoms with van der Waals surface area (Å²) >= 11 is 0. The monoisotopic (exact) mass is 331 g/mol. The maximum Gasteiger partial charge on any atom is 0.272 e. The van der Waals surface area contributed by atoms with E-state index in [1.807, 2.05) is 0 Å². The molecule has 1 amide bonds. The van der Waals surface area contributed by atoms with E-state index in [4.69, 9.17) is 0 Å². The van der Waals surface area contributed by atoms with Crippen LogP contribution in [0.25, 0.3) is 0 Å². The third kappa shape index (κ3) is 4.92. The Hall–Kier alpha value is -1.73. The lowest BCUT2D eigenvalue weighted by atomic mass is 9.96. The van der Waals surface area contributed by atoms with Gasteiger partial charge in [0.05, 0.1) is 16.6 Å². The Bertz CT molecular complexity index is 536. The third-order valence-corrected chi connectivity index (χ3v) is 3.65. The standard InChI is InChI=1S/C14H18FN3O3.ClH/c15-13-8-11(18(20)21)3-4-12(13)14(19)17-7-5-10-2-1-6-16-9-10;/h3-4,8,10,16H,1-2,5-7,9H2,(H,17,19);1H. The average Bonchev–Trinajstić information content (AvgIpc) is 2.48. The van der Waals surface area contributed by atoms with Crippen LogP contribution in [0.5, 0.6) is 0 Å². The fourth-order valence-electron chi connectivity index (χ4n) is 2.46. The lowest BCUT2D eigenvalue weighted by molar-refractivity contribution is -0.385. The Balaban J connectivity index is 0.00000242. The summed E-state index contributed by atoms with van der Waals surface area (Å²) in [6.45, 7) is 2.46. The van der Waals surface area contributed by atoms with Gasteiger partial charge in [0.2, 0.25) is 0 Å². The molecule has 0 radical (unpaired) electrons. The van der Waals surface area contributed by atoms with Crippen molar-refractivity contribution in [3.05, 3.63) is 39.7 Å². The second-order valence-electron chi connectivity index (χ2n) is 5.18. The van der Waals surface area contributed by atoms with Crippen molar-refractivity contribution in [2.75, 3.05) is 19.6 Å². The second kappa shape index (κ2) is 8.65. The molecule has 2 rings (SSSR count). The smallest absolute Gasteiger partial charge is 0.272 e. The van der Waals surface area contributed by atoms with Crippen LogP contribution in [-0.2, 0) is 0 Å². The van der Waals surface area contributed by atoms with Crippen LogP contribution in [0.2, 0.25) is 0 Å². The van der Waals surface area contributed by atoms with Crippen molar-refractivity contribution in [1.29, 1.82) is 0 Å². The number of piperidine rings is 1. The number of carbonyl (C=O) groups is 1. The number of hydrogen-bond donors (Lipinski definition) is 2. The first-order chi connectivity index (χ1) is 10.1. The van der Waals surface area contributed by atoms with Gasteiger partial charge in [-0.2, -0.15) is 0 Å². The Morgan fingerprint density at radius 2 is 2.27 bits per heavy atom. The number of hydrogen-bond acceptors (Lipinski definition) is 4. The Morgan fingerprint density at radius 3 is 2.86 bits per heavy atom. The number of nitrogens with zero attached hydrogens (tertiary/aromatic N) is 1. The number of rotatable bonds is 5. The zero-order valence-corrected chi connectivity index (χ0v) is 12.8. The van der Waals surface area contributed by atoms with E-state index in [2.05, 4.69) is 10.6 Å². The molecule has 0 aliphatic carbocycles. The molecule has 22 heavy (non-hydrogen) atoms. The van der Waals surface area contributed by atoms with Gasteiger partial charge in [0.15, 0.2) is 0 Å². The zero-order chi connectivity index (χ0) is 15.2. The first-order valence-corrected chi connectivity index (χ1v) is 7.01. The van der Waals surface area contributed by atoms with Crippen LogP contribution in [0.4, 0.5) is 10.1 Å². The molecule has 8 heteroatoms. The predicted molar refractivity (Wildman–Crippen MR) is 82.8 cm³/mol. The summed E-state index contributed by atoms with van der Waals surface area (Å²) in [6, 6.07) is 3.04. The Kier molecular flexibility index (Phi) is 7.20. The van der Waals surface area contributed by atoms with Crippen molar-refractivity contribution in [3.8, 4) is 0 Å². The number of nitro groups is 1. The minimum absolute atomic E-state index is 0. The summed E-state index contributed by atoms with van der Waals surface area (Å²) in [5, 5.41) is 16.5. The molecule has 1 unspecified atom stereocenters. The largest absolute Gasteiger partial charge is 0.352 e. The van der Waals surface area contributed by atoms with E-state index in [0.29, 0.717) is 12.5 Å². The molecule has 1 fully saturated rings. The van der Waals surface area contributed by atoms with Gasteiger partial charge in [0.1, 0.15) is 5.82 Å². The zero-order valence-electron chi connectivity index (χ0n) is 12.0. The summed E-state index contributed by atoms with van der Waals surface area (Å²) in [7, 11) is 0. The fraction of sp³-hybridized carbons (Fsp3) is 0.500. The van der Waals surface area contributed by atoms with Gasteiger partial charge in [-0.15, -0.1) is 12.4 Å². The molecule has 0 saturated carbocycles. The van der Waals surface area contributed by atoms with E-state index < -0.39 is 16.6 Å². The second-order valence-corrected chi connectivity index (χ2v) is 5.18. The van der Waals surface area contributed by atoms with Crippen LogP contribution in [0.3, 0.4) is 0 Å². The van der Waals surface area contributed by atoms with Crippen LogP contribution in [-0.4, -0.2) is 30.5 Å². The number of nitrogens with one attached hydrogen (secondary N) is 2. The molecule has 0 bridgehead atoms. The molecule has 1 saturated heterocycles. The summed E-state index contributed by atoms with van der Waals surface area (Å²) in [5.41, 5.74) is -0.528. The molecule has 1 aliphatic heterocycles. The highest BCUT2D eigenvalue weighted by Crippen LogP contribution is 2.17. The molecular weight excluding hydrogens is 313 g/mol. The number of carbonyl (C=O) groups excluding carboxylic acids is 1. The van der Waals surface area contributed by atoms with E-state index in [1.165, 1.54) is 0 Å². The highest BCUT2D eigenvalue weighted by molar-refractivity contribution is 5.94. The molecular formula is C14H19ClFN3O3. The highest BCUT2D eigenvalue weighted by atomic mass is 35.5. The van der Waals surface area contributed by atoms with Crippen molar-refractivity contribution < 1.29 is 14.1 Å². The summed E-state index contributed by atoms with van der Waals surface area (Å²) in [6.07, 6.45) is 3.11. The minimum Gasteiger partial charge on any atom is -0.352 e. The van der Waals surface area contributed by atoms with E-state index >= 15 is 0 Å². The number of halogens is 2. The first-order valence-electron chi connectivity index (χ1n) is 7.01. The molecule has 1 aromatic carbocycles. The summed E-state index contributed by atoms with van der Waals surface area (Å²) in [5.74, 6) is -0.882. The molecule has 0 spiro atoms. The van der Waals surface area contributed by atoms with Gasteiger partial charge in [-0.25, -0.2) is 4.39 Å². The Labute approximate surface area is 134 Å². The van der Waals surface area contributed by atoms with Gasteiger partial charge in [-0.3, -0.25) is 14.9 Å². The Morgan fingerprint density at radius 1 is 1.50 bits per heavy atom. The number of nitro benzene ring substituents is 1. The number of amides is 1. The normalized spacial score (nSPS) is 17.4. The number of non-ortho nitro benzene ring substituents is 1. The van der Waals surface area contributed by atoms with Gasteiger partial charge in [-0.05, 0) is 44.3 Å². The first kappa shape index (κ1) is 18.3. The van der Waals surface area contributed by atoms with E-state index in [9.17, 15) is 19.3 Å². The van der Waals surface area contributed by atoms with Crippen LogP contribution < -0.4 is 10.6 Å². The fourth-order valence-corrected chi connectivity index (χ4v) is 2.46. The lowest BCUT2D eigenvalue weighted by Crippen LogP contribution is -2.33. The van der Waals surface area contributed by atoms with Crippen LogP contribution in [0.1, 0.15) is 29.6 Å². The van der Waals surface area contributed by atoms with Crippen molar-refractivity contribution in [1.82, 2.24) is 10.6 Å². The molecule has 0 aromatic heterocycles. The molecule has 1 aliphatic rings. The van der Waals surface area contributed by atoms with E-state index in [0.717, 1.165) is 50.6 Å². The quantitative estimate of drug-likeness (QED) is 0.640.